The van der Waals surface area contributed by atoms with Crippen molar-refractivity contribution >= 4 is 5.78 Å². The van der Waals surface area contributed by atoms with Gasteiger partial charge in [0, 0.05) is 28.8 Å². The van der Waals surface area contributed by atoms with E-state index in [9.17, 15) is 13.6 Å². The van der Waals surface area contributed by atoms with Crippen LogP contribution >= 0.6 is 0 Å². The Bertz CT molecular complexity index is 1630. The lowest BCUT2D eigenvalue weighted by Gasteiger charge is -2.08. The number of nitrogens with one attached hydrogen (secondary N) is 1. The van der Waals surface area contributed by atoms with Crippen LogP contribution < -0.4 is 10.3 Å². The van der Waals surface area contributed by atoms with Crippen LogP contribution in [-0.2, 0) is 0 Å². The number of methoxy groups -OCH3 is 1. The summed E-state index contributed by atoms with van der Waals surface area (Å²) in [6.07, 6.45) is 0. The predicted octanol–water partition coefficient (Wildman–Crippen LogP) is 5.18. The number of hydrogen-bond donors (Lipinski definition) is 1. The van der Waals surface area contributed by atoms with Gasteiger partial charge in [0.15, 0.2) is 0 Å². The second-order valence-corrected chi connectivity index (χ2v) is 7.53. The van der Waals surface area contributed by atoms with Crippen LogP contribution in [0.25, 0.3) is 39.5 Å². The summed E-state index contributed by atoms with van der Waals surface area (Å²) in [4.78, 5) is 20.9. The van der Waals surface area contributed by atoms with Gasteiger partial charge >= 0.3 is 0 Å². The lowest BCUT2D eigenvalue weighted by atomic mass is 10.0. The van der Waals surface area contributed by atoms with Gasteiger partial charge in [-0.2, -0.15) is 5.26 Å². The summed E-state index contributed by atoms with van der Waals surface area (Å²) < 4.78 is 34.4. The summed E-state index contributed by atoms with van der Waals surface area (Å²) in [6.45, 7) is 0. The van der Waals surface area contributed by atoms with Crippen LogP contribution in [0, 0.1) is 23.0 Å². The number of rotatable bonds is 4. The summed E-state index contributed by atoms with van der Waals surface area (Å²) in [7, 11) is 1.56. The number of hydrogen-bond acceptors (Lipinski definition) is 4. The molecular formula is C26H16F2N4O2. The van der Waals surface area contributed by atoms with Crippen molar-refractivity contribution in [2.24, 2.45) is 0 Å². The summed E-state index contributed by atoms with van der Waals surface area (Å²) >= 11 is 0. The van der Waals surface area contributed by atoms with Gasteiger partial charge in [-0.25, -0.2) is 18.2 Å². The van der Waals surface area contributed by atoms with E-state index in [2.05, 4.69) is 16.0 Å². The Labute approximate surface area is 192 Å². The zero-order valence-electron chi connectivity index (χ0n) is 17.8. The van der Waals surface area contributed by atoms with E-state index in [1.54, 1.807) is 43.5 Å². The number of aromatic amines is 1. The van der Waals surface area contributed by atoms with Crippen LogP contribution in [-0.4, -0.2) is 21.5 Å². The van der Waals surface area contributed by atoms with E-state index in [1.807, 2.05) is 12.1 Å². The number of nitrogens with zero attached hydrogens (tertiary/aromatic N) is 3. The molecule has 0 spiro atoms. The molecule has 0 saturated heterocycles. The van der Waals surface area contributed by atoms with Crippen molar-refractivity contribution in [1.29, 1.82) is 5.26 Å². The highest BCUT2D eigenvalue weighted by Crippen LogP contribution is 2.33. The van der Waals surface area contributed by atoms with E-state index in [0.29, 0.717) is 33.8 Å². The molecule has 0 aliphatic rings. The number of nitriles is 1. The van der Waals surface area contributed by atoms with E-state index in [4.69, 9.17) is 10.00 Å². The van der Waals surface area contributed by atoms with Crippen molar-refractivity contribution in [3.63, 3.8) is 0 Å². The fourth-order valence-corrected chi connectivity index (χ4v) is 3.84. The molecular weight excluding hydrogens is 438 g/mol. The lowest BCUT2D eigenvalue weighted by Crippen LogP contribution is -2.14. The summed E-state index contributed by atoms with van der Waals surface area (Å²) in [5, 5.41) is 9.13. The van der Waals surface area contributed by atoms with E-state index in [0.717, 1.165) is 12.1 Å². The summed E-state index contributed by atoms with van der Waals surface area (Å²) in [5.41, 5.74) is 2.70. The van der Waals surface area contributed by atoms with E-state index in [-0.39, 0.29) is 17.0 Å². The average Bonchev–Trinajstić information content (AvgIpc) is 3.24. The van der Waals surface area contributed by atoms with Crippen molar-refractivity contribution in [1.82, 2.24) is 14.4 Å². The Morgan fingerprint density at radius 2 is 1.68 bits per heavy atom. The molecule has 1 N–H and O–H groups in total. The molecule has 34 heavy (non-hydrogen) atoms. The molecule has 0 fully saturated rings. The molecule has 0 atom stereocenters. The maximum Gasteiger partial charge on any atom is 0.260 e. The lowest BCUT2D eigenvalue weighted by molar-refractivity contribution is 0.415. The fraction of sp³-hybridized carbons (Fsp3) is 0.0385. The van der Waals surface area contributed by atoms with Crippen molar-refractivity contribution in [3.8, 4) is 45.6 Å². The third-order valence-electron chi connectivity index (χ3n) is 5.48. The second-order valence-electron chi connectivity index (χ2n) is 7.53. The molecule has 3 aromatic carbocycles. The molecule has 0 unspecified atom stereocenters. The Kier molecular flexibility index (Phi) is 5.15. The van der Waals surface area contributed by atoms with Gasteiger partial charge in [0.25, 0.3) is 5.56 Å². The third-order valence-corrected chi connectivity index (χ3v) is 5.48. The zero-order valence-corrected chi connectivity index (χ0v) is 17.8. The first kappa shape index (κ1) is 21.1. The largest absolute Gasteiger partial charge is 0.497 e. The number of ether oxygens (including phenoxy) is 1. The molecule has 0 radical (unpaired) electrons. The molecule has 0 aliphatic carbocycles. The maximum absolute atomic E-state index is 14.4. The minimum Gasteiger partial charge on any atom is -0.497 e. The van der Waals surface area contributed by atoms with E-state index in [1.165, 1.54) is 16.5 Å². The van der Waals surface area contributed by atoms with Gasteiger partial charge in [0.2, 0.25) is 5.78 Å². The average molecular weight is 454 g/mol. The Balaban J connectivity index is 1.78. The first-order chi connectivity index (χ1) is 16.5. The molecule has 2 aromatic heterocycles. The quantitative estimate of drug-likeness (QED) is 0.406. The van der Waals surface area contributed by atoms with Crippen molar-refractivity contribution in [2.75, 3.05) is 7.11 Å². The van der Waals surface area contributed by atoms with E-state index < -0.39 is 17.2 Å². The third kappa shape index (κ3) is 3.59. The second kappa shape index (κ2) is 8.30. The normalized spacial score (nSPS) is 10.9. The highest BCUT2D eigenvalue weighted by molar-refractivity contribution is 5.82. The van der Waals surface area contributed by atoms with Crippen LogP contribution in [0.15, 0.2) is 77.6 Å². The van der Waals surface area contributed by atoms with Gasteiger partial charge in [-0.15, -0.1) is 0 Å². The highest BCUT2D eigenvalue weighted by Gasteiger charge is 2.20. The zero-order chi connectivity index (χ0) is 23.8. The SMILES string of the molecule is COc1ccc(-c2c(-c3ccc(C#N)cc3)nc3[nH]c(-c4ccc(F)cc4F)cc(=O)n23)cc1. The van der Waals surface area contributed by atoms with Crippen molar-refractivity contribution < 1.29 is 13.5 Å². The molecule has 0 amide bonds. The monoisotopic (exact) mass is 454 g/mol. The first-order valence-electron chi connectivity index (χ1n) is 10.2. The predicted molar refractivity (Wildman–Crippen MR) is 123 cm³/mol. The van der Waals surface area contributed by atoms with Gasteiger partial charge in [0.05, 0.1) is 35.8 Å². The number of H-pyrrole nitrogens is 1. The number of halogens is 2. The Hall–Kier alpha value is -4.77. The number of fused-ring (bicyclic) bond motifs is 1. The number of aromatic nitrogens is 3. The molecule has 8 heteroatoms. The molecule has 0 bridgehead atoms. The first-order valence-corrected chi connectivity index (χ1v) is 10.2. The van der Waals surface area contributed by atoms with Crippen LogP contribution in [0.3, 0.4) is 0 Å². The topological polar surface area (TPSA) is 83.2 Å². The van der Waals surface area contributed by atoms with Crippen molar-refractivity contribution in [3.05, 3.63) is 100 Å². The highest BCUT2D eigenvalue weighted by atomic mass is 19.1. The molecule has 0 saturated carbocycles. The fourth-order valence-electron chi connectivity index (χ4n) is 3.84. The van der Waals surface area contributed by atoms with Gasteiger partial charge < -0.3 is 9.72 Å². The molecule has 5 rings (SSSR count). The molecule has 2 heterocycles. The molecule has 0 aliphatic heterocycles. The van der Waals surface area contributed by atoms with Gasteiger partial charge in [0.1, 0.15) is 17.4 Å². The molecule has 5 aromatic rings. The number of benzene rings is 3. The number of imidazole rings is 1. The smallest absolute Gasteiger partial charge is 0.260 e. The Morgan fingerprint density at radius 3 is 2.32 bits per heavy atom. The minimum atomic E-state index is -0.797. The summed E-state index contributed by atoms with van der Waals surface area (Å²) in [5.74, 6) is -0.665. The van der Waals surface area contributed by atoms with Crippen molar-refractivity contribution in [2.45, 2.75) is 0 Å². The molecule has 166 valence electrons. The van der Waals surface area contributed by atoms with E-state index >= 15 is 0 Å². The van der Waals surface area contributed by atoms with Gasteiger partial charge in [-0.05, 0) is 48.5 Å². The Morgan fingerprint density at radius 1 is 0.971 bits per heavy atom. The summed E-state index contributed by atoms with van der Waals surface area (Å²) in [6, 6.07) is 20.5. The van der Waals surface area contributed by atoms with Crippen LogP contribution in [0.2, 0.25) is 0 Å². The molecule has 6 nitrogen and oxygen atoms in total. The van der Waals surface area contributed by atoms with Crippen LogP contribution in [0.5, 0.6) is 5.75 Å². The van der Waals surface area contributed by atoms with Gasteiger partial charge in [-0.3, -0.25) is 4.79 Å². The maximum atomic E-state index is 14.4. The minimum absolute atomic E-state index is 0.0509. The van der Waals surface area contributed by atoms with Gasteiger partial charge in [-0.1, -0.05) is 12.1 Å². The van der Waals surface area contributed by atoms with Crippen LogP contribution in [0.1, 0.15) is 5.56 Å². The standard InChI is InChI=1S/C26H16F2N4O2/c1-34-19-9-6-17(7-10-19)25-24(16-4-2-15(14-29)3-5-16)31-26-30-22(13-23(33)32(25)26)20-11-8-18(27)12-21(20)28/h2-13H,1H3,(H,30,31). The van der Waals surface area contributed by atoms with Crippen LogP contribution in [0.4, 0.5) is 8.78 Å².